The third kappa shape index (κ3) is 3.61. The molecule has 7 nitrogen and oxygen atoms in total. The first-order valence-electron chi connectivity index (χ1n) is 5.94. The summed E-state index contributed by atoms with van der Waals surface area (Å²) in [7, 11) is 2.77. The Morgan fingerprint density at radius 2 is 2.10 bits per heavy atom. The number of aryl methyl sites for hydroxylation is 1. The van der Waals surface area contributed by atoms with E-state index in [9.17, 15) is 19.7 Å². The first-order valence-corrected chi connectivity index (χ1v) is 5.94. The number of carbonyl (C=O) groups excluding carboxylic acids is 2. The number of hydrogen-bond donors (Lipinski definition) is 1. The lowest BCUT2D eigenvalue weighted by Crippen LogP contribution is -2.36. The first kappa shape index (κ1) is 15.8. The van der Waals surface area contributed by atoms with E-state index in [1.165, 1.54) is 32.4 Å². The van der Waals surface area contributed by atoms with Crippen LogP contribution in [0.5, 0.6) is 0 Å². The second-order valence-corrected chi connectivity index (χ2v) is 4.24. The molecule has 0 saturated heterocycles. The topological polar surface area (TPSA) is 98.5 Å². The third-order valence-corrected chi connectivity index (χ3v) is 2.95. The van der Waals surface area contributed by atoms with Gasteiger partial charge in [0.25, 0.3) is 5.69 Å². The van der Waals surface area contributed by atoms with Crippen molar-refractivity contribution in [3.8, 4) is 0 Å². The number of nitro groups is 1. The highest BCUT2D eigenvalue weighted by Gasteiger charge is 2.24. The number of Topliss-reactive ketones (excluding diaryl/α,β-unsaturated/α-hetero) is 1. The van der Waals surface area contributed by atoms with E-state index in [-0.39, 0.29) is 23.5 Å². The Hall–Kier alpha value is -2.28. The monoisotopic (exact) mass is 280 g/mol. The average molecular weight is 280 g/mol. The van der Waals surface area contributed by atoms with Crippen LogP contribution in [0.25, 0.3) is 0 Å². The quantitative estimate of drug-likeness (QED) is 0.364. The van der Waals surface area contributed by atoms with E-state index < -0.39 is 16.9 Å². The smallest absolute Gasteiger partial charge is 0.307 e. The third-order valence-electron chi connectivity index (χ3n) is 2.95. The van der Waals surface area contributed by atoms with E-state index in [0.717, 1.165) is 0 Å². The molecule has 0 radical (unpaired) electrons. The van der Waals surface area contributed by atoms with Crippen LogP contribution in [0.2, 0.25) is 0 Å². The van der Waals surface area contributed by atoms with Crippen LogP contribution >= 0.6 is 0 Å². The normalized spacial score (nSPS) is 11.8. The molecule has 0 aromatic heterocycles. The second kappa shape index (κ2) is 6.76. The molecular weight excluding hydrogens is 264 g/mol. The number of hydrogen-bond acceptors (Lipinski definition) is 6. The molecule has 1 atom stereocenters. The van der Waals surface area contributed by atoms with Gasteiger partial charge in [0, 0.05) is 17.2 Å². The lowest BCUT2D eigenvalue weighted by Gasteiger charge is -2.13. The Morgan fingerprint density at radius 3 is 2.60 bits per heavy atom. The molecule has 0 amide bonds. The van der Waals surface area contributed by atoms with E-state index in [2.05, 4.69) is 10.1 Å². The summed E-state index contributed by atoms with van der Waals surface area (Å²) in [6.07, 6.45) is -0.131. The zero-order valence-electron chi connectivity index (χ0n) is 11.5. The summed E-state index contributed by atoms with van der Waals surface area (Å²) in [6.45, 7) is 1.59. The van der Waals surface area contributed by atoms with Crippen molar-refractivity contribution in [1.29, 1.82) is 0 Å². The minimum absolute atomic E-state index is 0.122. The number of methoxy groups -OCH3 is 1. The SMILES string of the molecule is CNC(CC(=O)OC)C(=O)c1ccc(C)c([N+](=O)[O-])c1. The summed E-state index contributed by atoms with van der Waals surface area (Å²) >= 11 is 0. The average Bonchev–Trinajstić information content (AvgIpc) is 2.43. The van der Waals surface area contributed by atoms with Crippen molar-refractivity contribution in [3.63, 3.8) is 0 Å². The predicted octanol–water partition coefficient (Wildman–Crippen LogP) is 1.24. The molecule has 20 heavy (non-hydrogen) atoms. The maximum atomic E-state index is 12.2. The molecule has 0 aliphatic heterocycles. The number of esters is 1. The van der Waals surface area contributed by atoms with Crippen LogP contribution in [-0.2, 0) is 9.53 Å². The summed E-state index contributed by atoms with van der Waals surface area (Å²) < 4.78 is 4.51. The molecule has 0 fully saturated rings. The van der Waals surface area contributed by atoms with Crippen LogP contribution < -0.4 is 5.32 Å². The van der Waals surface area contributed by atoms with Crippen LogP contribution in [0.3, 0.4) is 0 Å². The summed E-state index contributed by atoms with van der Waals surface area (Å²) in [6, 6.07) is 3.46. The summed E-state index contributed by atoms with van der Waals surface area (Å²) in [5, 5.41) is 13.6. The molecule has 1 aromatic rings. The Labute approximate surface area is 116 Å². The molecule has 0 bridgehead atoms. The molecular formula is C13H16N2O5. The summed E-state index contributed by atoms with van der Waals surface area (Å²) in [4.78, 5) is 33.8. The Balaban J connectivity index is 3.04. The predicted molar refractivity (Wildman–Crippen MR) is 71.6 cm³/mol. The highest BCUT2D eigenvalue weighted by molar-refractivity contribution is 6.02. The van der Waals surface area contributed by atoms with Gasteiger partial charge in [-0.2, -0.15) is 0 Å². The van der Waals surface area contributed by atoms with Gasteiger partial charge in [-0.25, -0.2) is 0 Å². The largest absolute Gasteiger partial charge is 0.469 e. The molecule has 1 N–H and O–H groups in total. The fourth-order valence-electron chi connectivity index (χ4n) is 1.74. The van der Waals surface area contributed by atoms with Crippen molar-refractivity contribution < 1.29 is 19.2 Å². The van der Waals surface area contributed by atoms with Crippen LogP contribution in [0.15, 0.2) is 18.2 Å². The fourth-order valence-corrected chi connectivity index (χ4v) is 1.74. The lowest BCUT2D eigenvalue weighted by molar-refractivity contribution is -0.385. The van der Waals surface area contributed by atoms with E-state index in [1.807, 2.05) is 0 Å². The Morgan fingerprint density at radius 1 is 1.45 bits per heavy atom. The fraction of sp³-hybridized carbons (Fsp3) is 0.385. The minimum atomic E-state index is -0.773. The molecule has 0 saturated carbocycles. The second-order valence-electron chi connectivity index (χ2n) is 4.24. The molecule has 0 aliphatic rings. The van der Waals surface area contributed by atoms with E-state index >= 15 is 0 Å². The highest BCUT2D eigenvalue weighted by atomic mass is 16.6. The molecule has 0 spiro atoms. The van der Waals surface area contributed by atoms with E-state index in [4.69, 9.17) is 0 Å². The molecule has 7 heteroatoms. The summed E-state index contributed by atoms with van der Waals surface area (Å²) in [5.41, 5.74) is 0.537. The highest BCUT2D eigenvalue weighted by Crippen LogP contribution is 2.20. The standard InChI is InChI=1S/C13H16N2O5/c1-8-4-5-9(6-11(8)15(18)19)13(17)10(14-2)7-12(16)20-3/h4-6,10,14H,7H2,1-3H3. The molecule has 0 heterocycles. The van der Waals surface area contributed by atoms with Crippen molar-refractivity contribution in [2.45, 2.75) is 19.4 Å². The molecule has 1 unspecified atom stereocenters. The Bertz CT molecular complexity index is 542. The van der Waals surface area contributed by atoms with Crippen LogP contribution in [0.4, 0.5) is 5.69 Å². The number of benzene rings is 1. The maximum absolute atomic E-state index is 12.2. The van der Waals surface area contributed by atoms with Gasteiger partial charge in [0.15, 0.2) is 5.78 Å². The van der Waals surface area contributed by atoms with Gasteiger partial charge in [0.05, 0.1) is 24.5 Å². The zero-order chi connectivity index (χ0) is 15.3. The number of carbonyl (C=O) groups is 2. The van der Waals surface area contributed by atoms with Gasteiger partial charge in [-0.15, -0.1) is 0 Å². The summed E-state index contributed by atoms with van der Waals surface area (Å²) in [5.74, 6) is -0.916. The number of nitrogens with zero attached hydrogens (tertiary/aromatic N) is 1. The van der Waals surface area contributed by atoms with Gasteiger partial charge < -0.3 is 10.1 Å². The van der Waals surface area contributed by atoms with Crippen molar-refractivity contribution in [1.82, 2.24) is 5.32 Å². The van der Waals surface area contributed by atoms with Crippen molar-refractivity contribution >= 4 is 17.4 Å². The van der Waals surface area contributed by atoms with Gasteiger partial charge in [0.2, 0.25) is 0 Å². The Kier molecular flexibility index (Phi) is 5.33. The first-order chi connectivity index (χ1) is 9.40. The van der Waals surface area contributed by atoms with Crippen LogP contribution in [0.1, 0.15) is 22.3 Å². The van der Waals surface area contributed by atoms with Crippen molar-refractivity contribution in [3.05, 3.63) is 39.4 Å². The number of rotatable bonds is 6. The van der Waals surface area contributed by atoms with E-state index in [0.29, 0.717) is 5.56 Å². The van der Waals surface area contributed by atoms with Gasteiger partial charge in [-0.1, -0.05) is 12.1 Å². The van der Waals surface area contributed by atoms with Gasteiger partial charge in [-0.3, -0.25) is 19.7 Å². The van der Waals surface area contributed by atoms with Crippen LogP contribution in [-0.4, -0.2) is 36.9 Å². The lowest BCUT2D eigenvalue weighted by atomic mass is 10.00. The number of nitro benzene ring substituents is 1. The van der Waals surface area contributed by atoms with Crippen LogP contribution in [0, 0.1) is 17.0 Å². The molecule has 1 aromatic carbocycles. The van der Waals surface area contributed by atoms with E-state index in [1.54, 1.807) is 6.92 Å². The van der Waals surface area contributed by atoms with Gasteiger partial charge in [-0.05, 0) is 14.0 Å². The maximum Gasteiger partial charge on any atom is 0.307 e. The molecule has 0 aliphatic carbocycles. The van der Waals surface area contributed by atoms with Gasteiger partial charge in [0.1, 0.15) is 0 Å². The number of nitrogens with one attached hydrogen (secondary N) is 1. The van der Waals surface area contributed by atoms with Gasteiger partial charge >= 0.3 is 5.97 Å². The molecule has 108 valence electrons. The minimum Gasteiger partial charge on any atom is -0.469 e. The molecule has 1 rings (SSSR count). The number of ether oxygens (including phenoxy) is 1. The number of ketones is 1. The van der Waals surface area contributed by atoms with Crippen molar-refractivity contribution in [2.24, 2.45) is 0 Å². The number of likely N-dealkylation sites (N-methyl/N-ethyl adjacent to an activating group) is 1. The zero-order valence-corrected chi connectivity index (χ0v) is 11.5. The van der Waals surface area contributed by atoms with Crippen molar-refractivity contribution in [2.75, 3.05) is 14.2 Å².